The largest absolute Gasteiger partial charge is 0.508 e. The first-order valence-corrected chi connectivity index (χ1v) is 27.2. The van der Waals surface area contributed by atoms with Gasteiger partial charge in [0.2, 0.25) is 0 Å². The fourth-order valence-corrected chi connectivity index (χ4v) is 7.44. The highest BCUT2D eigenvalue weighted by atomic mass is 16.4. The van der Waals surface area contributed by atoms with Gasteiger partial charge in [0.15, 0.2) is 0 Å². The van der Waals surface area contributed by atoms with Crippen LogP contribution in [0.4, 0.5) is 0 Å². The SMILES string of the molecule is C.C.CC(C)CN(CC(=O)O)Cc1ccccc1O.CC(C)CN(Cc1ccccc1O)Cc1ccccc1O.CC(C)Cc1cccc(C(=O)O)n1.CC(C)Cc1ccccc1O.CC(C)Cc1ccccn1.CCC(C)C. The number of nitrogens with zero attached hydrogens (tertiary/aromatic N) is 4. The third kappa shape index (κ3) is 36.1. The number of phenolic OH excluding ortho intramolecular Hbond substituents is 4. The van der Waals surface area contributed by atoms with E-state index in [1.54, 1.807) is 36.4 Å². The molecule has 12 nitrogen and oxygen atoms in total. The number of aliphatic carboxylic acids is 1. The van der Waals surface area contributed by atoms with Gasteiger partial charge in [-0.05, 0) is 109 Å². The molecule has 0 bridgehead atoms. The van der Waals surface area contributed by atoms with Crippen LogP contribution in [0.3, 0.4) is 0 Å². The van der Waals surface area contributed by atoms with Gasteiger partial charge < -0.3 is 30.6 Å². The molecule has 12 heteroatoms. The van der Waals surface area contributed by atoms with Gasteiger partial charge in [0.05, 0.1) is 6.54 Å². The van der Waals surface area contributed by atoms with Gasteiger partial charge in [-0.15, -0.1) is 0 Å². The fraction of sp³-hybridized carbons (Fsp3) is 0.463. The van der Waals surface area contributed by atoms with Gasteiger partial charge in [0.1, 0.15) is 28.7 Å². The highest BCUT2D eigenvalue weighted by Gasteiger charge is 2.15. The Morgan fingerprint density at radius 3 is 1.13 bits per heavy atom. The molecule has 2 aromatic heterocycles. The molecule has 6 N–H and O–H groups in total. The van der Waals surface area contributed by atoms with Crippen molar-refractivity contribution in [3.63, 3.8) is 0 Å². The first-order valence-electron chi connectivity index (χ1n) is 27.2. The topological polar surface area (TPSA) is 188 Å². The maximum atomic E-state index is 10.8. The van der Waals surface area contributed by atoms with Crippen LogP contribution in [0.2, 0.25) is 0 Å². The second-order valence-corrected chi connectivity index (χ2v) is 21.8. The smallest absolute Gasteiger partial charge is 0.354 e. The molecule has 0 fully saturated rings. The maximum Gasteiger partial charge on any atom is 0.354 e. The van der Waals surface area contributed by atoms with E-state index in [1.165, 1.54) is 18.2 Å². The molecule has 2 heterocycles. The lowest BCUT2D eigenvalue weighted by Crippen LogP contribution is -2.32. The Bertz CT molecular complexity index is 2460. The summed E-state index contributed by atoms with van der Waals surface area (Å²) < 4.78 is 0. The molecule has 438 valence electrons. The van der Waals surface area contributed by atoms with Crippen molar-refractivity contribution in [2.24, 2.45) is 35.5 Å². The van der Waals surface area contributed by atoms with Crippen LogP contribution in [-0.2, 0) is 43.7 Å². The Morgan fingerprint density at radius 1 is 0.430 bits per heavy atom. The summed E-state index contributed by atoms with van der Waals surface area (Å²) in [4.78, 5) is 33.6. The van der Waals surface area contributed by atoms with Crippen molar-refractivity contribution >= 4 is 11.9 Å². The molecule has 0 unspecified atom stereocenters. The number of aromatic carboxylic acids is 1. The molecule has 4 aromatic carbocycles. The van der Waals surface area contributed by atoms with E-state index in [0.29, 0.717) is 73.0 Å². The maximum absolute atomic E-state index is 10.8. The molecular formula is C67H102N4O8. The van der Waals surface area contributed by atoms with Crippen LogP contribution in [0, 0.1) is 35.5 Å². The monoisotopic (exact) mass is 1090 g/mol. The lowest BCUT2D eigenvalue weighted by atomic mass is 10.0. The van der Waals surface area contributed by atoms with Crippen LogP contribution in [0.1, 0.15) is 155 Å². The Balaban J connectivity index is 0. The zero-order chi connectivity index (χ0) is 57.9. The van der Waals surface area contributed by atoms with E-state index in [2.05, 4.69) is 97.1 Å². The first kappa shape index (κ1) is 74.3. The molecule has 0 saturated carbocycles. The molecule has 0 amide bonds. The molecule has 79 heavy (non-hydrogen) atoms. The zero-order valence-electron chi connectivity index (χ0n) is 48.6. The molecule has 6 rings (SSSR count). The van der Waals surface area contributed by atoms with E-state index in [1.807, 2.05) is 110 Å². The minimum absolute atomic E-state index is 0. The number of carbonyl (C=O) groups is 2. The zero-order valence-corrected chi connectivity index (χ0v) is 48.6. The van der Waals surface area contributed by atoms with E-state index in [-0.39, 0.29) is 32.8 Å². The van der Waals surface area contributed by atoms with Gasteiger partial charge in [-0.2, -0.15) is 0 Å². The summed E-state index contributed by atoms with van der Waals surface area (Å²) in [6.45, 7) is 31.3. The number of carboxylic acids is 2. The Labute approximate surface area is 477 Å². The Morgan fingerprint density at radius 2 is 0.785 bits per heavy atom. The van der Waals surface area contributed by atoms with Gasteiger partial charge in [-0.25, -0.2) is 9.78 Å². The summed E-state index contributed by atoms with van der Waals surface area (Å²) in [7, 11) is 0. The number of hydrogen-bond donors (Lipinski definition) is 6. The van der Waals surface area contributed by atoms with Crippen molar-refractivity contribution in [3.8, 4) is 23.0 Å². The van der Waals surface area contributed by atoms with Crippen LogP contribution in [-0.4, -0.2) is 82.0 Å². The number of rotatable bonds is 20. The quantitative estimate of drug-likeness (QED) is 0.0425. The number of hydrogen-bond acceptors (Lipinski definition) is 10. The summed E-state index contributed by atoms with van der Waals surface area (Å²) >= 11 is 0. The summed E-state index contributed by atoms with van der Waals surface area (Å²) in [6, 6.07) is 40.5. The number of aromatic nitrogens is 2. The Kier molecular flexibility index (Phi) is 39.7. The van der Waals surface area contributed by atoms with Gasteiger partial charge >= 0.3 is 11.9 Å². The minimum Gasteiger partial charge on any atom is -0.508 e. The van der Waals surface area contributed by atoms with E-state index < -0.39 is 11.9 Å². The highest BCUT2D eigenvalue weighted by molar-refractivity contribution is 5.85. The molecule has 0 aliphatic rings. The van der Waals surface area contributed by atoms with Gasteiger partial charge in [-0.3, -0.25) is 19.6 Å². The van der Waals surface area contributed by atoms with Crippen molar-refractivity contribution in [2.75, 3.05) is 19.6 Å². The molecule has 0 aliphatic carbocycles. The lowest BCUT2D eigenvalue weighted by molar-refractivity contribution is -0.138. The number of aromatic hydroxyl groups is 4. The number of phenols is 4. The van der Waals surface area contributed by atoms with Crippen molar-refractivity contribution in [2.45, 2.75) is 150 Å². The van der Waals surface area contributed by atoms with Gasteiger partial charge in [0, 0.05) is 67.0 Å². The van der Waals surface area contributed by atoms with E-state index in [0.717, 1.165) is 59.7 Å². The molecule has 0 spiro atoms. The summed E-state index contributed by atoms with van der Waals surface area (Å²) in [5.41, 5.74) is 5.78. The van der Waals surface area contributed by atoms with E-state index in [4.69, 9.17) is 10.2 Å². The van der Waals surface area contributed by atoms with Crippen molar-refractivity contribution in [1.82, 2.24) is 19.8 Å². The van der Waals surface area contributed by atoms with Gasteiger partial charge in [0.25, 0.3) is 0 Å². The van der Waals surface area contributed by atoms with Crippen LogP contribution in [0.5, 0.6) is 23.0 Å². The standard InChI is InChI=1S/C18H23NO2.C13H19NO3.C10H13NO2.C10H14O.C9H13N.C5H12.2CH4/c1-14(2)11-19(12-15-7-3-5-9-17(15)20)13-16-8-4-6-10-18(16)21;1-10(2)7-14(9-13(16)17)8-11-5-3-4-6-12(11)15;1-7(2)6-8-4-3-5-9(11-8)10(12)13;1-8(2)7-9-5-3-4-6-10(9)11;1-8(2)7-9-5-3-4-6-10-9;1-4-5(2)3;;/h3-10,14,20-21H,11-13H2,1-2H3;3-6,10,15H,7-9H2,1-2H3,(H,16,17);3-5,7H,6H2,1-2H3,(H,12,13);3-6,8,11H,7H2,1-2H3;3-6,8H,7H2,1-2H3;5H,4H2,1-3H3;2*1H4. The third-order valence-electron chi connectivity index (χ3n) is 11.2. The Hall–Kier alpha value is -6.76. The minimum atomic E-state index is -0.967. The molecule has 6 aromatic rings. The second kappa shape index (κ2) is 42.2. The van der Waals surface area contributed by atoms with Crippen LogP contribution < -0.4 is 0 Å². The summed E-state index contributed by atoms with van der Waals surface area (Å²) in [5.74, 6) is 3.05. The second-order valence-electron chi connectivity index (χ2n) is 21.8. The predicted octanol–water partition coefficient (Wildman–Crippen LogP) is 15.9. The molecule has 0 aliphatic heterocycles. The van der Waals surface area contributed by atoms with Crippen LogP contribution >= 0.6 is 0 Å². The predicted molar refractivity (Wildman–Crippen MR) is 329 cm³/mol. The highest BCUT2D eigenvalue weighted by Crippen LogP contribution is 2.24. The molecular weight excluding hydrogens is 989 g/mol. The normalized spacial score (nSPS) is 10.4. The lowest BCUT2D eigenvalue weighted by Gasteiger charge is -2.25. The van der Waals surface area contributed by atoms with E-state index >= 15 is 0 Å². The van der Waals surface area contributed by atoms with Crippen molar-refractivity contribution in [3.05, 3.63) is 179 Å². The molecule has 0 radical (unpaired) electrons. The van der Waals surface area contributed by atoms with Gasteiger partial charge in [-0.1, -0.05) is 196 Å². The number of benzene rings is 4. The molecule has 0 atom stereocenters. The summed E-state index contributed by atoms with van der Waals surface area (Å²) in [6.07, 6.45) is 6.01. The average molecular weight is 1090 g/mol. The first-order chi connectivity index (χ1) is 36.4. The summed E-state index contributed by atoms with van der Waals surface area (Å²) in [5, 5.41) is 56.4. The third-order valence-corrected chi connectivity index (χ3v) is 11.2. The van der Waals surface area contributed by atoms with Crippen molar-refractivity contribution in [1.29, 1.82) is 0 Å². The average Bonchev–Trinajstić information content (AvgIpc) is 3.35. The van der Waals surface area contributed by atoms with E-state index in [9.17, 15) is 30.0 Å². The van der Waals surface area contributed by atoms with Crippen molar-refractivity contribution < 1.29 is 40.2 Å². The number of para-hydroxylation sites is 4. The number of pyridine rings is 2. The van der Waals surface area contributed by atoms with Crippen LogP contribution in [0.15, 0.2) is 140 Å². The number of carboxylic acid groups (broad SMARTS) is 2. The molecule has 0 saturated heterocycles. The fourth-order valence-electron chi connectivity index (χ4n) is 7.44. The van der Waals surface area contributed by atoms with Crippen LogP contribution in [0.25, 0.3) is 0 Å².